The Balaban J connectivity index is 1.91. The standard InChI is InChI=1S/C9H17N5/c1-8(2,9(10)3-4-9)5-6-14-7-11-12-13-14/h7H,3-6,10H2,1-2H3. The summed E-state index contributed by atoms with van der Waals surface area (Å²) in [4.78, 5) is 0. The highest BCUT2D eigenvalue weighted by Crippen LogP contribution is 2.49. The molecule has 1 heterocycles. The molecule has 1 fully saturated rings. The number of nitrogens with zero attached hydrogens (tertiary/aromatic N) is 4. The van der Waals surface area contributed by atoms with E-state index in [1.807, 2.05) is 0 Å². The monoisotopic (exact) mass is 195 g/mol. The van der Waals surface area contributed by atoms with Gasteiger partial charge in [-0.2, -0.15) is 0 Å². The molecule has 0 radical (unpaired) electrons. The Morgan fingerprint density at radius 2 is 2.21 bits per heavy atom. The minimum atomic E-state index is 0.0566. The van der Waals surface area contributed by atoms with Gasteiger partial charge in [-0.25, -0.2) is 4.68 Å². The van der Waals surface area contributed by atoms with Gasteiger partial charge in [0.2, 0.25) is 0 Å². The van der Waals surface area contributed by atoms with Crippen molar-refractivity contribution in [1.82, 2.24) is 20.2 Å². The van der Waals surface area contributed by atoms with E-state index in [-0.39, 0.29) is 11.0 Å². The van der Waals surface area contributed by atoms with Crippen LogP contribution in [0.1, 0.15) is 33.1 Å². The molecule has 0 bridgehead atoms. The van der Waals surface area contributed by atoms with Crippen molar-refractivity contribution in [3.05, 3.63) is 6.33 Å². The molecule has 2 N–H and O–H groups in total. The van der Waals surface area contributed by atoms with Crippen LogP contribution < -0.4 is 5.73 Å². The first kappa shape index (κ1) is 9.58. The zero-order chi connectivity index (χ0) is 10.2. The van der Waals surface area contributed by atoms with Gasteiger partial charge in [-0.3, -0.25) is 0 Å². The fourth-order valence-corrected chi connectivity index (χ4v) is 1.74. The van der Waals surface area contributed by atoms with Crippen molar-refractivity contribution in [3.8, 4) is 0 Å². The minimum Gasteiger partial charge on any atom is -0.325 e. The second kappa shape index (κ2) is 3.02. The minimum absolute atomic E-state index is 0.0566. The van der Waals surface area contributed by atoms with Crippen LogP contribution in [0.15, 0.2) is 6.33 Å². The lowest BCUT2D eigenvalue weighted by molar-refractivity contribution is 0.227. The molecule has 5 nitrogen and oxygen atoms in total. The van der Waals surface area contributed by atoms with Gasteiger partial charge >= 0.3 is 0 Å². The summed E-state index contributed by atoms with van der Waals surface area (Å²) in [5.74, 6) is 0. The summed E-state index contributed by atoms with van der Waals surface area (Å²) < 4.78 is 1.76. The highest BCUT2D eigenvalue weighted by atomic mass is 15.5. The van der Waals surface area contributed by atoms with Gasteiger partial charge in [0, 0.05) is 12.1 Å². The van der Waals surface area contributed by atoms with Gasteiger partial charge in [0.25, 0.3) is 0 Å². The second-order valence-corrected chi connectivity index (χ2v) is 4.86. The van der Waals surface area contributed by atoms with Crippen molar-refractivity contribution >= 4 is 0 Å². The summed E-state index contributed by atoms with van der Waals surface area (Å²) >= 11 is 0. The lowest BCUT2D eigenvalue weighted by Crippen LogP contribution is -2.40. The first-order valence-corrected chi connectivity index (χ1v) is 5.03. The first-order chi connectivity index (χ1) is 6.54. The molecule has 5 heteroatoms. The van der Waals surface area contributed by atoms with E-state index in [1.165, 1.54) is 0 Å². The maximum atomic E-state index is 6.20. The Hall–Kier alpha value is -0.970. The molecule has 14 heavy (non-hydrogen) atoms. The van der Waals surface area contributed by atoms with Gasteiger partial charge in [0.05, 0.1) is 0 Å². The van der Waals surface area contributed by atoms with Crippen LogP contribution in [0.3, 0.4) is 0 Å². The van der Waals surface area contributed by atoms with Crippen molar-refractivity contribution in [2.75, 3.05) is 0 Å². The van der Waals surface area contributed by atoms with E-state index < -0.39 is 0 Å². The molecule has 2 rings (SSSR count). The number of tetrazole rings is 1. The second-order valence-electron chi connectivity index (χ2n) is 4.86. The summed E-state index contributed by atoms with van der Waals surface area (Å²) in [6.07, 6.45) is 4.96. The lowest BCUT2D eigenvalue weighted by atomic mass is 9.79. The lowest BCUT2D eigenvalue weighted by Gasteiger charge is -2.31. The van der Waals surface area contributed by atoms with Crippen molar-refractivity contribution in [3.63, 3.8) is 0 Å². The van der Waals surface area contributed by atoms with Crippen LogP contribution in [0.4, 0.5) is 0 Å². The topological polar surface area (TPSA) is 69.6 Å². The fourth-order valence-electron chi connectivity index (χ4n) is 1.74. The third kappa shape index (κ3) is 1.64. The molecule has 0 saturated heterocycles. The Kier molecular flexibility index (Phi) is 2.06. The van der Waals surface area contributed by atoms with Crippen LogP contribution in [0.2, 0.25) is 0 Å². The maximum absolute atomic E-state index is 6.20. The Labute approximate surface area is 83.7 Å². The molecule has 1 aliphatic carbocycles. The first-order valence-electron chi connectivity index (χ1n) is 5.03. The van der Waals surface area contributed by atoms with Crippen LogP contribution in [0, 0.1) is 5.41 Å². The summed E-state index contributed by atoms with van der Waals surface area (Å²) in [7, 11) is 0. The van der Waals surface area contributed by atoms with Gasteiger partial charge < -0.3 is 5.73 Å². The number of aromatic nitrogens is 4. The van der Waals surface area contributed by atoms with Crippen LogP contribution in [0.5, 0.6) is 0 Å². The van der Waals surface area contributed by atoms with E-state index in [1.54, 1.807) is 11.0 Å². The number of aryl methyl sites for hydroxylation is 1. The smallest absolute Gasteiger partial charge is 0.138 e. The van der Waals surface area contributed by atoms with Crippen molar-refractivity contribution in [2.24, 2.45) is 11.1 Å². The molecule has 0 unspecified atom stereocenters. The number of hydrogen-bond acceptors (Lipinski definition) is 4. The van der Waals surface area contributed by atoms with E-state index in [4.69, 9.17) is 5.73 Å². The van der Waals surface area contributed by atoms with Gasteiger partial charge in [-0.15, -0.1) is 5.10 Å². The van der Waals surface area contributed by atoms with E-state index in [2.05, 4.69) is 29.4 Å². The predicted molar refractivity (Wildman–Crippen MR) is 52.4 cm³/mol. The summed E-state index contributed by atoms with van der Waals surface area (Å²) in [5, 5.41) is 11.0. The quantitative estimate of drug-likeness (QED) is 0.763. The molecular weight excluding hydrogens is 178 g/mol. The molecule has 1 aliphatic rings. The molecule has 0 aromatic carbocycles. The van der Waals surface area contributed by atoms with E-state index in [0.29, 0.717) is 0 Å². The highest BCUT2D eigenvalue weighted by Gasteiger charge is 2.50. The fraction of sp³-hybridized carbons (Fsp3) is 0.889. The summed E-state index contributed by atoms with van der Waals surface area (Å²) in [5.41, 5.74) is 6.44. The van der Waals surface area contributed by atoms with Crippen LogP contribution in [0.25, 0.3) is 0 Å². The van der Waals surface area contributed by atoms with E-state index >= 15 is 0 Å². The van der Waals surface area contributed by atoms with Gasteiger partial charge in [0.1, 0.15) is 6.33 Å². The Morgan fingerprint density at radius 3 is 2.71 bits per heavy atom. The third-order valence-corrected chi connectivity index (χ3v) is 3.49. The zero-order valence-electron chi connectivity index (χ0n) is 8.77. The number of hydrogen-bond donors (Lipinski definition) is 1. The predicted octanol–water partition coefficient (Wildman–Crippen LogP) is 0.581. The zero-order valence-corrected chi connectivity index (χ0v) is 8.77. The molecule has 78 valence electrons. The SMILES string of the molecule is CC(C)(CCn1cnnn1)C1(N)CC1. The van der Waals surface area contributed by atoms with Crippen LogP contribution >= 0.6 is 0 Å². The average Bonchev–Trinajstić information content (AvgIpc) is 2.69. The number of rotatable bonds is 4. The van der Waals surface area contributed by atoms with Crippen LogP contribution in [-0.4, -0.2) is 25.7 Å². The van der Waals surface area contributed by atoms with Gasteiger partial charge in [-0.05, 0) is 35.1 Å². The largest absolute Gasteiger partial charge is 0.325 e. The Morgan fingerprint density at radius 1 is 1.50 bits per heavy atom. The van der Waals surface area contributed by atoms with Crippen LogP contribution in [-0.2, 0) is 6.54 Å². The summed E-state index contributed by atoms with van der Waals surface area (Å²) in [6.45, 7) is 5.30. The molecular formula is C9H17N5. The normalized spacial score (nSPS) is 19.6. The van der Waals surface area contributed by atoms with E-state index in [0.717, 1.165) is 25.8 Å². The number of nitrogens with two attached hydrogens (primary N) is 1. The molecule has 0 atom stereocenters. The van der Waals surface area contributed by atoms with E-state index in [9.17, 15) is 0 Å². The van der Waals surface area contributed by atoms with Crippen molar-refractivity contribution < 1.29 is 0 Å². The highest BCUT2D eigenvalue weighted by molar-refractivity contribution is 5.08. The molecule has 1 aromatic heterocycles. The van der Waals surface area contributed by atoms with Gasteiger partial charge in [0.15, 0.2) is 0 Å². The maximum Gasteiger partial charge on any atom is 0.138 e. The molecule has 1 saturated carbocycles. The van der Waals surface area contributed by atoms with Crippen molar-refractivity contribution in [1.29, 1.82) is 0 Å². The third-order valence-electron chi connectivity index (χ3n) is 3.49. The molecule has 0 spiro atoms. The van der Waals surface area contributed by atoms with Crippen molar-refractivity contribution in [2.45, 2.75) is 45.2 Å². The molecule has 0 aliphatic heterocycles. The average molecular weight is 195 g/mol. The molecule has 1 aromatic rings. The summed E-state index contributed by atoms with van der Waals surface area (Å²) in [6, 6.07) is 0. The molecule has 0 amide bonds. The Bertz CT molecular complexity index is 299. The van der Waals surface area contributed by atoms with Gasteiger partial charge in [-0.1, -0.05) is 13.8 Å².